The molecule has 0 amide bonds. The van der Waals surface area contributed by atoms with E-state index in [-0.39, 0.29) is 6.04 Å². The molecule has 0 aromatic heterocycles. The lowest BCUT2D eigenvalue weighted by Gasteiger charge is -2.16. The highest BCUT2D eigenvalue weighted by Crippen LogP contribution is 2.29. The van der Waals surface area contributed by atoms with Crippen LogP contribution in [0.25, 0.3) is 0 Å². The second-order valence-corrected chi connectivity index (χ2v) is 4.99. The van der Waals surface area contributed by atoms with Crippen molar-refractivity contribution in [3.63, 3.8) is 0 Å². The van der Waals surface area contributed by atoms with E-state index in [2.05, 4.69) is 5.32 Å². The lowest BCUT2D eigenvalue weighted by Crippen LogP contribution is -2.17. The number of nitrogens with one attached hydrogen (secondary N) is 1. The molecule has 2 aromatic carbocycles. The summed E-state index contributed by atoms with van der Waals surface area (Å²) in [4.78, 5) is 0. The van der Waals surface area contributed by atoms with Gasteiger partial charge in [0.1, 0.15) is 0 Å². The molecule has 21 heavy (non-hydrogen) atoms. The van der Waals surface area contributed by atoms with Crippen LogP contribution in [-0.2, 0) is 12.6 Å². The van der Waals surface area contributed by atoms with Crippen molar-refractivity contribution in [1.29, 1.82) is 0 Å². The number of benzene rings is 2. The highest BCUT2D eigenvalue weighted by molar-refractivity contribution is 5.25. The van der Waals surface area contributed by atoms with Crippen LogP contribution >= 0.6 is 0 Å². The number of hydrogen-bond donors (Lipinski definition) is 1. The normalized spacial score (nSPS) is 13.1. The van der Waals surface area contributed by atoms with Crippen LogP contribution in [-0.4, -0.2) is 7.05 Å². The van der Waals surface area contributed by atoms with Gasteiger partial charge in [-0.2, -0.15) is 13.2 Å². The minimum Gasteiger partial charge on any atom is -0.313 e. The smallest absolute Gasteiger partial charge is 0.313 e. The predicted octanol–water partition coefficient (Wildman–Crippen LogP) is 4.60. The molecule has 2 aromatic rings. The van der Waals surface area contributed by atoms with E-state index in [0.717, 1.165) is 30.5 Å². The Balaban J connectivity index is 1.99. The molecule has 0 bridgehead atoms. The third-order valence-electron chi connectivity index (χ3n) is 3.55. The van der Waals surface area contributed by atoms with Crippen molar-refractivity contribution < 1.29 is 13.2 Å². The first-order valence-electron chi connectivity index (χ1n) is 6.89. The quantitative estimate of drug-likeness (QED) is 0.849. The maximum atomic E-state index is 12.5. The van der Waals surface area contributed by atoms with Crippen LogP contribution in [0.15, 0.2) is 54.6 Å². The van der Waals surface area contributed by atoms with Gasteiger partial charge in [-0.1, -0.05) is 42.5 Å². The van der Waals surface area contributed by atoms with Gasteiger partial charge in [0.25, 0.3) is 0 Å². The van der Waals surface area contributed by atoms with Gasteiger partial charge < -0.3 is 5.32 Å². The molecular formula is C17H18F3N. The summed E-state index contributed by atoms with van der Waals surface area (Å²) in [6.07, 6.45) is -2.69. The Hall–Kier alpha value is -1.81. The summed E-state index contributed by atoms with van der Waals surface area (Å²) >= 11 is 0. The Kier molecular flexibility index (Phi) is 5.02. The van der Waals surface area contributed by atoms with Crippen molar-refractivity contribution in [2.75, 3.05) is 7.05 Å². The number of hydrogen-bond acceptors (Lipinski definition) is 1. The zero-order valence-corrected chi connectivity index (χ0v) is 11.8. The standard InChI is InChI=1S/C17H18F3N/c1-21-16(14-5-3-2-4-6-14)12-9-13-7-10-15(11-8-13)17(18,19)20/h2-8,10-11,16,21H,9,12H2,1H3. The van der Waals surface area contributed by atoms with E-state index < -0.39 is 11.7 Å². The minimum atomic E-state index is -4.27. The molecule has 0 radical (unpaired) electrons. The Bertz CT molecular complexity index is 546. The third kappa shape index (κ3) is 4.33. The summed E-state index contributed by atoms with van der Waals surface area (Å²) in [6, 6.07) is 15.6. The van der Waals surface area contributed by atoms with Crippen LogP contribution in [0.1, 0.15) is 29.2 Å². The van der Waals surface area contributed by atoms with E-state index in [0.29, 0.717) is 0 Å². The molecule has 4 heteroatoms. The molecule has 112 valence electrons. The van der Waals surface area contributed by atoms with E-state index >= 15 is 0 Å². The van der Waals surface area contributed by atoms with Gasteiger partial charge in [0.2, 0.25) is 0 Å². The maximum Gasteiger partial charge on any atom is 0.416 e. The van der Waals surface area contributed by atoms with Gasteiger partial charge in [-0.05, 0) is 43.1 Å². The van der Waals surface area contributed by atoms with Gasteiger partial charge in [0.15, 0.2) is 0 Å². The van der Waals surface area contributed by atoms with Gasteiger partial charge in [-0.3, -0.25) is 0 Å². The second-order valence-electron chi connectivity index (χ2n) is 4.99. The maximum absolute atomic E-state index is 12.5. The van der Waals surface area contributed by atoms with E-state index in [1.54, 1.807) is 12.1 Å². The summed E-state index contributed by atoms with van der Waals surface area (Å²) in [6.45, 7) is 0. The van der Waals surface area contributed by atoms with Gasteiger partial charge in [0.05, 0.1) is 5.56 Å². The molecule has 0 heterocycles. The van der Waals surface area contributed by atoms with Crippen LogP contribution < -0.4 is 5.32 Å². The Morgan fingerprint density at radius 2 is 1.57 bits per heavy atom. The molecular weight excluding hydrogens is 275 g/mol. The first-order chi connectivity index (χ1) is 10.0. The SMILES string of the molecule is CNC(CCc1ccc(C(F)(F)F)cc1)c1ccccc1. The fourth-order valence-electron chi connectivity index (χ4n) is 2.33. The van der Waals surface area contributed by atoms with Crippen molar-refractivity contribution in [3.8, 4) is 0 Å². The van der Waals surface area contributed by atoms with Gasteiger partial charge in [-0.15, -0.1) is 0 Å². The molecule has 0 aliphatic heterocycles. The fraction of sp³-hybridized carbons (Fsp3) is 0.294. The van der Waals surface area contributed by atoms with E-state index in [9.17, 15) is 13.2 Å². The van der Waals surface area contributed by atoms with Crippen LogP contribution in [0.5, 0.6) is 0 Å². The van der Waals surface area contributed by atoms with E-state index in [4.69, 9.17) is 0 Å². The number of rotatable bonds is 5. The van der Waals surface area contributed by atoms with Gasteiger partial charge >= 0.3 is 6.18 Å². The minimum absolute atomic E-state index is 0.202. The van der Waals surface area contributed by atoms with Gasteiger partial charge in [0, 0.05) is 6.04 Å². The molecule has 0 saturated carbocycles. The molecule has 2 rings (SSSR count). The van der Waals surface area contributed by atoms with Crippen molar-refractivity contribution >= 4 is 0 Å². The largest absolute Gasteiger partial charge is 0.416 e. The molecule has 0 saturated heterocycles. The van der Waals surface area contributed by atoms with Gasteiger partial charge in [-0.25, -0.2) is 0 Å². The highest BCUT2D eigenvalue weighted by Gasteiger charge is 2.29. The summed E-state index contributed by atoms with van der Waals surface area (Å²) in [5.41, 5.74) is 1.51. The van der Waals surface area contributed by atoms with Crippen molar-refractivity contribution in [3.05, 3.63) is 71.3 Å². The predicted molar refractivity (Wildman–Crippen MR) is 78.0 cm³/mol. The number of alkyl halides is 3. The van der Waals surface area contributed by atoms with Crippen LogP contribution in [0, 0.1) is 0 Å². The molecule has 0 aliphatic rings. The van der Waals surface area contributed by atoms with Crippen LogP contribution in [0.4, 0.5) is 13.2 Å². The lowest BCUT2D eigenvalue weighted by atomic mass is 9.98. The molecule has 1 unspecified atom stereocenters. The van der Waals surface area contributed by atoms with Crippen LogP contribution in [0.3, 0.4) is 0 Å². The van der Waals surface area contributed by atoms with E-state index in [1.165, 1.54) is 5.56 Å². The Labute approximate surface area is 122 Å². The molecule has 0 aliphatic carbocycles. The van der Waals surface area contributed by atoms with Crippen LogP contribution in [0.2, 0.25) is 0 Å². The van der Waals surface area contributed by atoms with Crippen molar-refractivity contribution in [2.45, 2.75) is 25.1 Å². The fourth-order valence-corrected chi connectivity index (χ4v) is 2.33. The topological polar surface area (TPSA) is 12.0 Å². The zero-order chi connectivity index (χ0) is 15.3. The summed E-state index contributed by atoms with van der Waals surface area (Å²) < 4.78 is 37.5. The average molecular weight is 293 g/mol. The molecule has 1 nitrogen and oxygen atoms in total. The monoisotopic (exact) mass is 293 g/mol. The highest BCUT2D eigenvalue weighted by atomic mass is 19.4. The first kappa shape index (κ1) is 15.6. The molecule has 0 fully saturated rings. The molecule has 0 spiro atoms. The molecule has 1 atom stereocenters. The average Bonchev–Trinajstić information content (AvgIpc) is 2.48. The summed E-state index contributed by atoms with van der Waals surface area (Å²) in [5.74, 6) is 0. The Morgan fingerprint density at radius 1 is 0.952 bits per heavy atom. The number of aryl methyl sites for hydroxylation is 1. The summed E-state index contributed by atoms with van der Waals surface area (Å²) in [7, 11) is 1.89. The second kappa shape index (κ2) is 6.76. The Morgan fingerprint density at radius 3 is 2.10 bits per heavy atom. The van der Waals surface area contributed by atoms with E-state index in [1.807, 2.05) is 37.4 Å². The summed E-state index contributed by atoms with van der Waals surface area (Å²) in [5, 5.41) is 3.24. The lowest BCUT2D eigenvalue weighted by molar-refractivity contribution is -0.137. The first-order valence-corrected chi connectivity index (χ1v) is 6.89. The zero-order valence-electron chi connectivity index (χ0n) is 11.8. The third-order valence-corrected chi connectivity index (χ3v) is 3.55. The van der Waals surface area contributed by atoms with Crippen molar-refractivity contribution in [2.24, 2.45) is 0 Å². The number of halogens is 3. The van der Waals surface area contributed by atoms with Crippen molar-refractivity contribution in [1.82, 2.24) is 5.32 Å². The molecule has 1 N–H and O–H groups in total.